The van der Waals surface area contributed by atoms with Gasteiger partial charge in [0.05, 0.1) is 0 Å². The van der Waals surface area contributed by atoms with Crippen molar-refractivity contribution in [2.45, 2.75) is 20.8 Å². The molecule has 1 aromatic heterocycles. The zero-order valence-electron chi connectivity index (χ0n) is 11.5. The van der Waals surface area contributed by atoms with Crippen molar-refractivity contribution in [1.29, 1.82) is 0 Å². The third-order valence-electron chi connectivity index (χ3n) is 2.02. The second-order valence-corrected chi connectivity index (χ2v) is 5.34. The average molecular weight is 238 g/mol. The summed E-state index contributed by atoms with van der Waals surface area (Å²) >= 11 is 0. The van der Waals surface area contributed by atoms with Crippen molar-refractivity contribution in [1.82, 2.24) is 15.0 Å². The van der Waals surface area contributed by atoms with E-state index in [2.05, 4.69) is 46.4 Å². The zero-order chi connectivity index (χ0) is 13.1. The predicted octanol–water partition coefficient (Wildman–Crippen LogP) is 1.44. The van der Waals surface area contributed by atoms with E-state index in [4.69, 9.17) is 0 Å². The molecule has 0 saturated carbocycles. The Morgan fingerprint density at radius 2 is 1.65 bits per heavy atom. The number of nitrogens with one attached hydrogen (secondary N) is 2. The van der Waals surface area contributed by atoms with E-state index in [1.807, 2.05) is 19.0 Å². The van der Waals surface area contributed by atoms with Crippen molar-refractivity contribution in [3.8, 4) is 0 Å². The summed E-state index contributed by atoms with van der Waals surface area (Å²) in [6, 6.07) is 0. The van der Waals surface area contributed by atoms with Crippen molar-refractivity contribution in [2.24, 2.45) is 5.41 Å². The quantitative estimate of drug-likeness (QED) is 0.827. The third kappa shape index (κ3) is 4.42. The molecule has 96 valence electrons. The molecule has 0 spiro atoms. The number of nitrogens with zero attached hydrogens (tertiary/aromatic N) is 4. The molecule has 0 aromatic carbocycles. The highest BCUT2D eigenvalue weighted by Gasteiger charge is 2.12. The minimum Gasteiger partial charge on any atom is -0.357 e. The Kier molecular flexibility index (Phi) is 4.09. The molecule has 6 heteroatoms. The molecule has 0 radical (unpaired) electrons. The summed E-state index contributed by atoms with van der Waals surface area (Å²) in [6.07, 6.45) is 0. The first kappa shape index (κ1) is 13.5. The number of hydrogen-bond acceptors (Lipinski definition) is 6. The van der Waals surface area contributed by atoms with E-state index in [0.29, 0.717) is 17.8 Å². The molecule has 0 bridgehead atoms. The molecule has 2 N–H and O–H groups in total. The highest BCUT2D eigenvalue weighted by atomic mass is 15.3. The Labute approximate surface area is 103 Å². The van der Waals surface area contributed by atoms with Gasteiger partial charge in [0.15, 0.2) is 0 Å². The maximum atomic E-state index is 4.34. The van der Waals surface area contributed by atoms with Gasteiger partial charge in [-0.05, 0) is 5.41 Å². The van der Waals surface area contributed by atoms with E-state index in [-0.39, 0.29) is 5.41 Å². The molecule has 0 unspecified atom stereocenters. The maximum Gasteiger partial charge on any atom is 0.231 e. The highest BCUT2D eigenvalue weighted by molar-refractivity contribution is 5.42. The fourth-order valence-electron chi connectivity index (χ4n) is 1.10. The Morgan fingerprint density at radius 1 is 1.06 bits per heavy atom. The van der Waals surface area contributed by atoms with Crippen LogP contribution in [0.4, 0.5) is 17.8 Å². The van der Waals surface area contributed by atoms with E-state index < -0.39 is 0 Å². The van der Waals surface area contributed by atoms with Crippen LogP contribution in [0, 0.1) is 5.41 Å². The smallest absolute Gasteiger partial charge is 0.231 e. The lowest BCUT2D eigenvalue weighted by Crippen LogP contribution is -2.22. The van der Waals surface area contributed by atoms with Gasteiger partial charge in [-0.3, -0.25) is 0 Å². The van der Waals surface area contributed by atoms with Crippen LogP contribution in [0.25, 0.3) is 0 Å². The molecule has 0 aliphatic heterocycles. The predicted molar refractivity (Wildman–Crippen MR) is 71.6 cm³/mol. The fraction of sp³-hybridized carbons (Fsp3) is 0.727. The van der Waals surface area contributed by atoms with Crippen LogP contribution in [0.2, 0.25) is 0 Å². The van der Waals surface area contributed by atoms with Gasteiger partial charge in [0.1, 0.15) is 0 Å². The molecule has 1 aromatic rings. The second kappa shape index (κ2) is 5.16. The number of aromatic nitrogens is 3. The van der Waals surface area contributed by atoms with Crippen LogP contribution >= 0.6 is 0 Å². The first-order valence-electron chi connectivity index (χ1n) is 5.67. The van der Waals surface area contributed by atoms with Crippen molar-refractivity contribution in [3.63, 3.8) is 0 Å². The monoisotopic (exact) mass is 238 g/mol. The Hall–Kier alpha value is -1.59. The minimum atomic E-state index is 0.185. The Balaban J connectivity index is 2.87. The van der Waals surface area contributed by atoms with E-state index in [0.717, 1.165) is 6.54 Å². The standard InChI is InChI=1S/C11H22N6/c1-11(2,3)7-13-9-14-8(12-4)15-10(16-9)17(5)6/h7H2,1-6H3,(H2,12,13,14,15,16). The SMILES string of the molecule is CNc1nc(NCC(C)(C)C)nc(N(C)C)n1. The van der Waals surface area contributed by atoms with Gasteiger partial charge < -0.3 is 15.5 Å². The van der Waals surface area contributed by atoms with Gasteiger partial charge >= 0.3 is 0 Å². The van der Waals surface area contributed by atoms with Gasteiger partial charge in [0.2, 0.25) is 17.8 Å². The summed E-state index contributed by atoms with van der Waals surface area (Å²) in [7, 11) is 5.60. The van der Waals surface area contributed by atoms with E-state index >= 15 is 0 Å². The number of hydrogen-bond donors (Lipinski definition) is 2. The molecule has 0 fully saturated rings. The minimum absolute atomic E-state index is 0.185. The molecule has 0 amide bonds. The normalized spacial score (nSPS) is 11.2. The molecule has 0 aliphatic rings. The van der Waals surface area contributed by atoms with E-state index in [1.165, 1.54) is 0 Å². The highest BCUT2D eigenvalue weighted by Crippen LogP contribution is 2.15. The Morgan fingerprint density at radius 3 is 2.12 bits per heavy atom. The molecule has 0 atom stereocenters. The van der Waals surface area contributed by atoms with Crippen LogP contribution in [-0.4, -0.2) is 42.6 Å². The topological polar surface area (TPSA) is 66.0 Å². The van der Waals surface area contributed by atoms with E-state index in [1.54, 1.807) is 7.05 Å². The van der Waals surface area contributed by atoms with Crippen molar-refractivity contribution >= 4 is 17.8 Å². The molecule has 0 saturated heterocycles. The summed E-state index contributed by atoms with van der Waals surface area (Å²) < 4.78 is 0. The average Bonchev–Trinajstić information content (AvgIpc) is 2.25. The molecule has 6 nitrogen and oxygen atoms in total. The summed E-state index contributed by atoms with van der Waals surface area (Å²) in [5, 5.41) is 6.16. The van der Waals surface area contributed by atoms with Gasteiger partial charge in [0, 0.05) is 27.7 Å². The van der Waals surface area contributed by atoms with Crippen LogP contribution in [0.5, 0.6) is 0 Å². The first-order chi connectivity index (χ1) is 7.81. The fourth-order valence-corrected chi connectivity index (χ4v) is 1.10. The molecule has 0 aliphatic carbocycles. The van der Waals surface area contributed by atoms with Crippen LogP contribution in [-0.2, 0) is 0 Å². The largest absolute Gasteiger partial charge is 0.357 e. The molecule has 17 heavy (non-hydrogen) atoms. The van der Waals surface area contributed by atoms with Crippen LogP contribution in [0.1, 0.15) is 20.8 Å². The molecular weight excluding hydrogens is 216 g/mol. The lowest BCUT2D eigenvalue weighted by Gasteiger charge is -2.19. The number of anilines is 3. The van der Waals surface area contributed by atoms with Gasteiger partial charge in [-0.25, -0.2) is 0 Å². The Bertz CT molecular complexity index is 369. The lowest BCUT2D eigenvalue weighted by molar-refractivity contribution is 0.441. The van der Waals surface area contributed by atoms with Crippen molar-refractivity contribution < 1.29 is 0 Å². The number of rotatable bonds is 4. The van der Waals surface area contributed by atoms with Crippen molar-refractivity contribution in [3.05, 3.63) is 0 Å². The van der Waals surface area contributed by atoms with Gasteiger partial charge in [-0.15, -0.1) is 0 Å². The summed E-state index contributed by atoms with van der Waals surface area (Å²) in [5.74, 6) is 1.81. The molecule has 1 heterocycles. The third-order valence-corrected chi connectivity index (χ3v) is 2.02. The van der Waals surface area contributed by atoms with Crippen LogP contribution < -0.4 is 15.5 Å². The molecular formula is C11H22N6. The first-order valence-corrected chi connectivity index (χ1v) is 5.67. The van der Waals surface area contributed by atoms with Gasteiger partial charge in [0.25, 0.3) is 0 Å². The second-order valence-electron chi connectivity index (χ2n) is 5.34. The van der Waals surface area contributed by atoms with Crippen LogP contribution in [0.3, 0.4) is 0 Å². The summed E-state index contributed by atoms with van der Waals surface area (Å²) in [5.41, 5.74) is 0.185. The van der Waals surface area contributed by atoms with E-state index in [9.17, 15) is 0 Å². The van der Waals surface area contributed by atoms with Crippen molar-refractivity contribution in [2.75, 3.05) is 43.2 Å². The summed E-state index contributed by atoms with van der Waals surface area (Å²) in [4.78, 5) is 14.7. The lowest BCUT2D eigenvalue weighted by atomic mass is 9.97. The van der Waals surface area contributed by atoms with Crippen LogP contribution in [0.15, 0.2) is 0 Å². The summed E-state index contributed by atoms with van der Waals surface area (Å²) in [6.45, 7) is 7.29. The van der Waals surface area contributed by atoms with Gasteiger partial charge in [-0.2, -0.15) is 15.0 Å². The molecule has 1 rings (SSSR count). The zero-order valence-corrected chi connectivity index (χ0v) is 11.5. The van der Waals surface area contributed by atoms with Gasteiger partial charge in [-0.1, -0.05) is 20.8 Å². The maximum absolute atomic E-state index is 4.34.